The van der Waals surface area contributed by atoms with Crippen molar-refractivity contribution < 1.29 is 9.90 Å². The molecule has 0 heterocycles. The van der Waals surface area contributed by atoms with Gasteiger partial charge in [-0.3, -0.25) is 4.79 Å². The molecule has 4 nitrogen and oxygen atoms in total. The van der Waals surface area contributed by atoms with E-state index in [1.54, 1.807) is 7.05 Å². The molecule has 1 atom stereocenters. The van der Waals surface area contributed by atoms with Gasteiger partial charge in [0.2, 0.25) is 0 Å². The second-order valence-electron chi connectivity index (χ2n) is 5.22. The van der Waals surface area contributed by atoms with E-state index in [0.29, 0.717) is 18.9 Å². The molecule has 0 amide bonds. The summed E-state index contributed by atoms with van der Waals surface area (Å²) in [5.74, 6) is -0.737. The first kappa shape index (κ1) is 17.4. The summed E-state index contributed by atoms with van der Waals surface area (Å²) >= 11 is 0. The van der Waals surface area contributed by atoms with E-state index in [9.17, 15) is 9.90 Å². The number of rotatable bonds is 10. The number of carbonyl (C=O) groups is 1. The maximum atomic E-state index is 11.3. The third-order valence-electron chi connectivity index (χ3n) is 3.78. The zero-order valence-electron chi connectivity index (χ0n) is 12.6. The van der Waals surface area contributed by atoms with Gasteiger partial charge in [-0.05, 0) is 59.7 Å². The van der Waals surface area contributed by atoms with Crippen LogP contribution in [0.25, 0.3) is 0 Å². The lowest BCUT2D eigenvalue weighted by atomic mass is 9.90. The molecule has 0 fully saturated rings. The summed E-state index contributed by atoms with van der Waals surface area (Å²) in [6, 6.07) is 0.528. The number of carboxylic acid groups (broad SMARTS) is 1. The second kappa shape index (κ2) is 8.48. The summed E-state index contributed by atoms with van der Waals surface area (Å²) in [5.41, 5.74) is -0.755. The zero-order chi connectivity index (χ0) is 14.2. The van der Waals surface area contributed by atoms with Crippen molar-refractivity contribution in [3.63, 3.8) is 0 Å². The fourth-order valence-corrected chi connectivity index (χ4v) is 2.34. The molecular weight excluding hydrogens is 228 g/mol. The molecule has 0 saturated heterocycles. The Morgan fingerprint density at radius 2 is 1.94 bits per heavy atom. The number of aliphatic carboxylic acids is 1. The van der Waals surface area contributed by atoms with Gasteiger partial charge in [0, 0.05) is 6.04 Å². The Hall–Kier alpha value is -0.610. The van der Waals surface area contributed by atoms with Crippen LogP contribution in [0.1, 0.15) is 53.4 Å². The summed E-state index contributed by atoms with van der Waals surface area (Å²) < 4.78 is 0. The zero-order valence-corrected chi connectivity index (χ0v) is 12.6. The van der Waals surface area contributed by atoms with E-state index in [1.807, 2.05) is 6.92 Å². The minimum absolute atomic E-state index is 0.528. The molecule has 18 heavy (non-hydrogen) atoms. The summed E-state index contributed by atoms with van der Waals surface area (Å²) in [6.07, 6.45) is 3.36. The summed E-state index contributed by atoms with van der Waals surface area (Å²) in [7, 11) is 1.74. The van der Waals surface area contributed by atoms with E-state index in [1.165, 1.54) is 0 Å². The number of likely N-dealkylation sites (N-methyl/N-ethyl adjacent to an activating group) is 1. The molecule has 0 aromatic rings. The lowest BCUT2D eigenvalue weighted by molar-refractivity contribution is -0.145. The van der Waals surface area contributed by atoms with Crippen molar-refractivity contribution in [2.75, 3.05) is 20.1 Å². The fourth-order valence-electron chi connectivity index (χ4n) is 2.34. The number of hydrogen-bond acceptors (Lipinski definition) is 3. The van der Waals surface area contributed by atoms with Crippen molar-refractivity contribution in [1.82, 2.24) is 10.2 Å². The Morgan fingerprint density at radius 3 is 2.28 bits per heavy atom. The van der Waals surface area contributed by atoms with E-state index in [4.69, 9.17) is 0 Å². The summed E-state index contributed by atoms with van der Waals surface area (Å²) in [6.45, 7) is 10.6. The Balaban J connectivity index is 4.32. The van der Waals surface area contributed by atoms with Crippen LogP contribution in [-0.2, 0) is 4.79 Å². The van der Waals surface area contributed by atoms with Crippen LogP contribution in [0.5, 0.6) is 0 Å². The Labute approximate surface area is 112 Å². The Bertz CT molecular complexity index is 238. The monoisotopic (exact) mass is 258 g/mol. The van der Waals surface area contributed by atoms with Crippen LogP contribution in [0.15, 0.2) is 0 Å². The fraction of sp³-hybridized carbons (Fsp3) is 0.929. The van der Waals surface area contributed by atoms with Gasteiger partial charge >= 0.3 is 5.97 Å². The highest BCUT2D eigenvalue weighted by atomic mass is 16.4. The van der Waals surface area contributed by atoms with E-state index in [0.717, 1.165) is 25.9 Å². The van der Waals surface area contributed by atoms with Crippen LogP contribution < -0.4 is 5.32 Å². The largest absolute Gasteiger partial charge is 0.480 e. The van der Waals surface area contributed by atoms with Crippen LogP contribution in [0.2, 0.25) is 0 Å². The van der Waals surface area contributed by atoms with Crippen LogP contribution in [-0.4, -0.2) is 47.7 Å². The summed E-state index contributed by atoms with van der Waals surface area (Å²) in [4.78, 5) is 13.8. The maximum absolute atomic E-state index is 11.3. The predicted molar refractivity (Wildman–Crippen MR) is 76.0 cm³/mol. The minimum atomic E-state index is -0.755. The standard InChI is InChI=1S/C14H30N2O2/c1-6-10-16(12(3)4)11-8-9-14(7-2,15-5)13(17)18/h12,15H,6-11H2,1-5H3,(H,17,18). The molecule has 4 heteroatoms. The molecule has 108 valence electrons. The first-order valence-electron chi connectivity index (χ1n) is 7.09. The SMILES string of the molecule is CCCN(CCCC(CC)(NC)C(=O)O)C(C)C. The average molecular weight is 258 g/mol. The van der Waals surface area contributed by atoms with Crippen molar-refractivity contribution in [2.24, 2.45) is 0 Å². The number of hydrogen-bond donors (Lipinski definition) is 2. The van der Waals surface area contributed by atoms with E-state index in [-0.39, 0.29) is 0 Å². The van der Waals surface area contributed by atoms with E-state index < -0.39 is 11.5 Å². The molecule has 0 aromatic carbocycles. The first-order valence-corrected chi connectivity index (χ1v) is 7.09. The van der Waals surface area contributed by atoms with Crippen LogP contribution in [0, 0.1) is 0 Å². The Kier molecular flexibility index (Phi) is 8.20. The highest BCUT2D eigenvalue weighted by Gasteiger charge is 2.34. The smallest absolute Gasteiger partial charge is 0.323 e. The molecule has 0 aliphatic carbocycles. The number of nitrogens with zero attached hydrogens (tertiary/aromatic N) is 1. The van der Waals surface area contributed by atoms with Gasteiger partial charge in [0.05, 0.1) is 0 Å². The molecule has 2 N–H and O–H groups in total. The van der Waals surface area contributed by atoms with Gasteiger partial charge in [-0.2, -0.15) is 0 Å². The highest BCUT2D eigenvalue weighted by Crippen LogP contribution is 2.18. The van der Waals surface area contributed by atoms with E-state index in [2.05, 4.69) is 31.0 Å². The molecule has 0 spiro atoms. The van der Waals surface area contributed by atoms with Crippen LogP contribution in [0.3, 0.4) is 0 Å². The second-order valence-corrected chi connectivity index (χ2v) is 5.22. The highest BCUT2D eigenvalue weighted by molar-refractivity contribution is 5.78. The Morgan fingerprint density at radius 1 is 1.33 bits per heavy atom. The third-order valence-corrected chi connectivity index (χ3v) is 3.78. The van der Waals surface area contributed by atoms with Gasteiger partial charge in [-0.25, -0.2) is 0 Å². The predicted octanol–water partition coefficient (Wildman–Crippen LogP) is 2.34. The molecule has 0 radical (unpaired) electrons. The lowest BCUT2D eigenvalue weighted by Crippen LogP contribution is -2.50. The van der Waals surface area contributed by atoms with Crippen LogP contribution in [0.4, 0.5) is 0 Å². The average Bonchev–Trinajstić information content (AvgIpc) is 2.33. The normalized spacial score (nSPS) is 15.1. The first-order chi connectivity index (χ1) is 8.43. The van der Waals surface area contributed by atoms with Crippen molar-refractivity contribution in [2.45, 2.75) is 65.0 Å². The number of nitrogens with one attached hydrogen (secondary N) is 1. The molecule has 0 aliphatic heterocycles. The molecule has 1 unspecified atom stereocenters. The molecule has 0 saturated carbocycles. The van der Waals surface area contributed by atoms with Crippen molar-refractivity contribution >= 4 is 5.97 Å². The molecule has 0 rings (SSSR count). The minimum Gasteiger partial charge on any atom is -0.480 e. The van der Waals surface area contributed by atoms with Gasteiger partial charge in [0.25, 0.3) is 0 Å². The van der Waals surface area contributed by atoms with Crippen LogP contribution >= 0.6 is 0 Å². The van der Waals surface area contributed by atoms with Gasteiger partial charge in [0.15, 0.2) is 0 Å². The number of carboxylic acids is 1. The quantitative estimate of drug-likeness (QED) is 0.631. The van der Waals surface area contributed by atoms with Gasteiger partial charge in [-0.1, -0.05) is 13.8 Å². The maximum Gasteiger partial charge on any atom is 0.323 e. The molecular formula is C14H30N2O2. The van der Waals surface area contributed by atoms with Crippen molar-refractivity contribution in [1.29, 1.82) is 0 Å². The van der Waals surface area contributed by atoms with Crippen molar-refractivity contribution in [3.8, 4) is 0 Å². The summed E-state index contributed by atoms with van der Waals surface area (Å²) in [5, 5.41) is 12.3. The topological polar surface area (TPSA) is 52.6 Å². The molecule has 0 aromatic heterocycles. The molecule has 0 aliphatic rings. The van der Waals surface area contributed by atoms with Crippen molar-refractivity contribution in [3.05, 3.63) is 0 Å². The van der Waals surface area contributed by atoms with Gasteiger partial charge < -0.3 is 15.3 Å². The third kappa shape index (κ3) is 4.94. The molecule has 0 bridgehead atoms. The van der Waals surface area contributed by atoms with E-state index >= 15 is 0 Å². The van der Waals surface area contributed by atoms with Gasteiger partial charge in [-0.15, -0.1) is 0 Å². The van der Waals surface area contributed by atoms with Gasteiger partial charge in [0.1, 0.15) is 5.54 Å². The lowest BCUT2D eigenvalue weighted by Gasteiger charge is -2.30.